The molecule has 0 radical (unpaired) electrons. The van der Waals surface area contributed by atoms with Crippen LogP contribution in [0.1, 0.15) is 84.3 Å². The summed E-state index contributed by atoms with van der Waals surface area (Å²) in [5, 5.41) is 0. The van der Waals surface area contributed by atoms with Crippen LogP contribution in [-0.2, 0) is 14.9 Å². The smallest absolute Gasteiger partial charge is 0.330 e. The molecule has 0 atom stereocenters. The maximum absolute atomic E-state index is 11.6. The fourth-order valence-electron chi connectivity index (χ4n) is 6.85. The highest BCUT2D eigenvalue weighted by Gasteiger charge is 2.52. The third-order valence-electron chi connectivity index (χ3n) is 7.74. The van der Waals surface area contributed by atoms with E-state index >= 15 is 0 Å². The molecule has 4 aliphatic rings. The van der Waals surface area contributed by atoms with Crippen LogP contribution < -0.4 is 4.74 Å². The SMILES string of the molecule is CCOC(=O)/C=C(C)/C=C/C=C(\C)c1ccc(OC(C)C)c(C23CC4CC(CC(C4)C2)C3)c1. The predicted molar refractivity (Wildman–Crippen MR) is 135 cm³/mol. The first-order valence-corrected chi connectivity index (χ1v) is 12.8. The van der Waals surface area contributed by atoms with Crippen LogP contribution in [0.4, 0.5) is 0 Å². The molecule has 33 heavy (non-hydrogen) atoms. The molecular weight excluding hydrogens is 408 g/mol. The normalized spacial score (nSPS) is 29.2. The fraction of sp³-hybridized carbons (Fsp3) is 0.567. The zero-order valence-electron chi connectivity index (χ0n) is 21.0. The lowest BCUT2D eigenvalue weighted by Crippen LogP contribution is -2.48. The van der Waals surface area contributed by atoms with Gasteiger partial charge in [0.2, 0.25) is 0 Å². The minimum Gasteiger partial charge on any atom is -0.491 e. The molecule has 1 aromatic rings. The van der Waals surface area contributed by atoms with E-state index in [1.807, 2.05) is 26.0 Å². The van der Waals surface area contributed by atoms with Crippen LogP contribution in [0.3, 0.4) is 0 Å². The van der Waals surface area contributed by atoms with Gasteiger partial charge < -0.3 is 9.47 Å². The molecule has 4 fully saturated rings. The maximum atomic E-state index is 11.6. The minimum atomic E-state index is -0.290. The molecular formula is C30H40O3. The molecule has 4 bridgehead atoms. The quantitative estimate of drug-likeness (QED) is 0.236. The molecule has 3 nitrogen and oxygen atoms in total. The van der Waals surface area contributed by atoms with Gasteiger partial charge in [-0.25, -0.2) is 4.79 Å². The average molecular weight is 449 g/mol. The molecule has 4 saturated carbocycles. The Morgan fingerprint density at radius 1 is 1.09 bits per heavy atom. The lowest BCUT2D eigenvalue weighted by Gasteiger charge is -2.57. The van der Waals surface area contributed by atoms with Crippen LogP contribution in [0, 0.1) is 17.8 Å². The summed E-state index contributed by atoms with van der Waals surface area (Å²) in [6.45, 7) is 10.5. The molecule has 0 aliphatic heterocycles. The van der Waals surface area contributed by atoms with E-state index < -0.39 is 0 Å². The second-order valence-electron chi connectivity index (χ2n) is 10.9. The lowest BCUT2D eigenvalue weighted by atomic mass is 9.48. The largest absolute Gasteiger partial charge is 0.491 e. The third-order valence-corrected chi connectivity index (χ3v) is 7.74. The van der Waals surface area contributed by atoms with Crippen LogP contribution in [0.2, 0.25) is 0 Å². The molecule has 0 spiro atoms. The maximum Gasteiger partial charge on any atom is 0.330 e. The summed E-state index contributed by atoms with van der Waals surface area (Å²) in [5.74, 6) is 3.51. The van der Waals surface area contributed by atoms with Crippen LogP contribution in [0.5, 0.6) is 5.75 Å². The topological polar surface area (TPSA) is 35.5 Å². The molecule has 4 aliphatic carbocycles. The van der Waals surface area contributed by atoms with Gasteiger partial charge in [0.1, 0.15) is 5.75 Å². The van der Waals surface area contributed by atoms with E-state index in [9.17, 15) is 4.79 Å². The Bertz CT molecular complexity index is 927. The van der Waals surface area contributed by atoms with Gasteiger partial charge in [-0.1, -0.05) is 24.3 Å². The molecule has 3 heteroatoms. The van der Waals surface area contributed by atoms with Crippen LogP contribution in [-0.4, -0.2) is 18.7 Å². The van der Waals surface area contributed by atoms with Gasteiger partial charge in [-0.3, -0.25) is 0 Å². The molecule has 0 saturated heterocycles. The molecule has 0 aromatic heterocycles. The zero-order chi connectivity index (χ0) is 23.6. The predicted octanol–water partition coefficient (Wildman–Crippen LogP) is 7.41. The summed E-state index contributed by atoms with van der Waals surface area (Å²) in [4.78, 5) is 11.6. The van der Waals surface area contributed by atoms with E-state index in [2.05, 4.69) is 45.0 Å². The average Bonchev–Trinajstić information content (AvgIpc) is 2.72. The van der Waals surface area contributed by atoms with Crippen molar-refractivity contribution >= 4 is 11.5 Å². The third kappa shape index (κ3) is 5.45. The molecule has 0 N–H and O–H groups in total. The minimum absolute atomic E-state index is 0.178. The van der Waals surface area contributed by atoms with Crippen molar-refractivity contribution in [1.29, 1.82) is 0 Å². The standard InChI is InChI=1S/C30H40O3/c1-6-32-29(31)12-21(4)8-7-9-22(5)26-10-11-28(33-20(2)3)27(16-26)30-17-23-13-24(18-30)15-25(14-23)19-30/h7-12,16,20,23-25H,6,13-15,17-19H2,1-5H3/b8-7+,21-12+,22-9+. The number of esters is 1. The summed E-state index contributed by atoms with van der Waals surface area (Å²) in [7, 11) is 0. The van der Waals surface area contributed by atoms with Crippen LogP contribution >= 0.6 is 0 Å². The first kappa shape index (κ1) is 23.9. The van der Waals surface area contributed by atoms with Crippen molar-refractivity contribution in [3.63, 3.8) is 0 Å². The van der Waals surface area contributed by atoms with E-state index in [-0.39, 0.29) is 12.1 Å². The molecule has 5 rings (SSSR count). The van der Waals surface area contributed by atoms with Crippen molar-refractivity contribution in [2.24, 2.45) is 17.8 Å². The number of benzene rings is 1. The number of carbonyl (C=O) groups is 1. The van der Waals surface area contributed by atoms with Crippen molar-refractivity contribution in [1.82, 2.24) is 0 Å². The fourth-order valence-corrected chi connectivity index (χ4v) is 6.85. The Kier molecular flexibility index (Phi) is 7.16. The molecule has 1 aromatic carbocycles. The van der Waals surface area contributed by atoms with Gasteiger partial charge in [0.25, 0.3) is 0 Å². The van der Waals surface area contributed by atoms with Gasteiger partial charge in [0.05, 0.1) is 12.7 Å². The number of hydrogen-bond acceptors (Lipinski definition) is 3. The van der Waals surface area contributed by atoms with E-state index in [0.29, 0.717) is 12.0 Å². The Morgan fingerprint density at radius 3 is 2.30 bits per heavy atom. The van der Waals surface area contributed by atoms with Crippen molar-refractivity contribution in [3.05, 3.63) is 59.2 Å². The highest BCUT2D eigenvalue weighted by molar-refractivity contribution is 5.83. The van der Waals surface area contributed by atoms with Gasteiger partial charge in [-0.2, -0.15) is 0 Å². The summed E-state index contributed by atoms with van der Waals surface area (Å²) in [5.41, 5.74) is 5.10. The highest BCUT2D eigenvalue weighted by atomic mass is 16.5. The number of ether oxygens (including phenoxy) is 2. The molecule has 178 valence electrons. The van der Waals surface area contributed by atoms with E-state index in [1.165, 1.54) is 61.3 Å². The first-order valence-electron chi connectivity index (χ1n) is 12.8. The summed E-state index contributed by atoms with van der Waals surface area (Å²) in [6.07, 6.45) is 16.1. The monoisotopic (exact) mass is 448 g/mol. The Balaban J connectivity index is 1.61. The molecule has 0 amide bonds. The van der Waals surface area contributed by atoms with Gasteiger partial charge >= 0.3 is 5.97 Å². The second-order valence-corrected chi connectivity index (χ2v) is 10.9. The van der Waals surface area contributed by atoms with Gasteiger partial charge in [0, 0.05) is 11.6 Å². The number of hydrogen-bond donors (Lipinski definition) is 0. The highest BCUT2D eigenvalue weighted by Crippen LogP contribution is 2.62. The van der Waals surface area contributed by atoms with Gasteiger partial charge in [0.15, 0.2) is 0 Å². The Morgan fingerprint density at radius 2 is 1.73 bits per heavy atom. The van der Waals surface area contributed by atoms with Crippen LogP contribution in [0.25, 0.3) is 5.57 Å². The van der Waals surface area contributed by atoms with Crippen LogP contribution in [0.15, 0.2) is 48.1 Å². The summed E-state index contributed by atoms with van der Waals surface area (Å²) < 4.78 is 11.3. The van der Waals surface area contributed by atoms with E-state index in [4.69, 9.17) is 9.47 Å². The number of carbonyl (C=O) groups excluding carboxylic acids is 1. The first-order chi connectivity index (χ1) is 15.8. The van der Waals surface area contributed by atoms with E-state index in [0.717, 1.165) is 29.1 Å². The number of allylic oxidation sites excluding steroid dienone is 5. The number of rotatable bonds is 8. The van der Waals surface area contributed by atoms with E-state index in [1.54, 1.807) is 0 Å². The Hall–Kier alpha value is -2.29. The lowest BCUT2D eigenvalue weighted by molar-refractivity contribution is -0.137. The summed E-state index contributed by atoms with van der Waals surface area (Å²) in [6, 6.07) is 6.82. The molecule has 0 heterocycles. The van der Waals surface area contributed by atoms with Crippen molar-refractivity contribution in [2.45, 2.75) is 84.7 Å². The van der Waals surface area contributed by atoms with Gasteiger partial charge in [-0.15, -0.1) is 0 Å². The van der Waals surface area contributed by atoms with Crippen molar-refractivity contribution in [3.8, 4) is 5.75 Å². The molecule has 0 unspecified atom stereocenters. The van der Waals surface area contributed by atoms with Crippen molar-refractivity contribution in [2.75, 3.05) is 6.61 Å². The summed E-state index contributed by atoms with van der Waals surface area (Å²) >= 11 is 0. The van der Waals surface area contributed by atoms with Gasteiger partial charge in [-0.05, 0) is 125 Å². The Labute approximate surface area is 199 Å². The zero-order valence-corrected chi connectivity index (χ0v) is 21.0. The van der Waals surface area contributed by atoms with Crippen molar-refractivity contribution < 1.29 is 14.3 Å². The second kappa shape index (κ2) is 9.91.